The summed E-state index contributed by atoms with van der Waals surface area (Å²) in [5, 5.41) is 19.7. The van der Waals surface area contributed by atoms with Crippen molar-refractivity contribution in [1.29, 1.82) is 0 Å². The lowest BCUT2D eigenvalue weighted by Gasteiger charge is -2.10. The Bertz CT molecular complexity index is 3100. The van der Waals surface area contributed by atoms with E-state index in [0.29, 0.717) is 46.6 Å². The van der Waals surface area contributed by atoms with Gasteiger partial charge in [0.05, 0.1) is 24.5 Å². The zero-order valence-electron chi connectivity index (χ0n) is 42.8. The van der Waals surface area contributed by atoms with Crippen molar-refractivity contribution in [3.05, 3.63) is 143 Å². The molecule has 4 heterocycles. The molecule has 0 radical (unpaired) electrons. The van der Waals surface area contributed by atoms with Crippen LogP contribution in [-0.2, 0) is 28.2 Å². The molecule has 0 aliphatic heterocycles. The van der Waals surface area contributed by atoms with E-state index in [1.54, 1.807) is 98.2 Å². The fourth-order valence-electron chi connectivity index (χ4n) is 8.43. The number of benzene rings is 3. The number of fused-ring (bicyclic) bond motifs is 3. The Morgan fingerprint density at radius 1 is 0.405 bits per heavy atom. The third kappa shape index (κ3) is 12.9. The predicted octanol–water partition coefficient (Wildman–Crippen LogP) is 4.44. The maximum Gasteiger partial charge on any atom is 0.272 e. The van der Waals surface area contributed by atoms with E-state index in [0.717, 1.165) is 36.7 Å². The van der Waals surface area contributed by atoms with Gasteiger partial charge in [0.15, 0.2) is 11.6 Å². The van der Waals surface area contributed by atoms with E-state index in [2.05, 4.69) is 31.9 Å². The molecule has 0 aliphatic rings. The summed E-state index contributed by atoms with van der Waals surface area (Å²) in [6, 6.07) is 20.0. The van der Waals surface area contributed by atoms with Gasteiger partial charge in [0, 0.05) is 88.3 Å². The minimum absolute atomic E-state index is 0.195. The zero-order valence-corrected chi connectivity index (χ0v) is 42.8. The van der Waals surface area contributed by atoms with E-state index in [4.69, 9.17) is 0 Å². The number of anilines is 2. The molecule has 7 aromatic rings. The summed E-state index contributed by atoms with van der Waals surface area (Å²) in [6.07, 6.45) is 7.85. The largest absolute Gasteiger partial charge is 0.351 e. The second-order valence-electron chi connectivity index (χ2n) is 18.8. The highest BCUT2D eigenvalue weighted by molar-refractivity contribution is 6.14. The fraction of sp³-hybridized carbons (Fsp3) is 0.296. The summed E-state index contributed by atoms with van der Waals surface area (Å²) in [5.74, 6) is -3.38. The number of hydrogen-bond acceptors (Lipinski definition) is 10. The Kier molecular flexibility index (Phi) is 16.7. The average Bonchev–Trinajstić information content (AvgIpc) is 4.16. The number of aryl methyl sites for hydroxylation is 4. The lowest BCUT2D eigenvalue weighted by Crippen LogP contribution is -2.29. The van der Waals surface area contributed by atoms with Gasteiger partial charge in [0.25, 0.3) is 35.4 Å². The van der Waals surface area contributed by atoms with Gasteiger partial charge in [-0.1, -0.05) is 24.3 Å². The van der Waals surface area contributed by atoms with Gasteiger partial charge in [-0.15, -0.1) is 0 Å². The highest BCUT2D eigenvalue weighted by atomic mass is 16.2. The topological polar surface area (TPSA) is 235 Å². The lowest BCUT2D eigenvalue weighted by atomic mass is 9.98. The first kappa shape index (κ1) is 53.2. The number of nitrogens with one attached hydrogen (secondary N) is 6. The molecule has 0 spiro atoms. The molecule has 0 atom stereocenters. The maximum absolute atomic E-state index is 13.5. The first-order valence-electron chi connectivity index (χ1n) is 24.0. The van der Waals surface area contributed by atoms with Gasteiger partial charge in [-0.3, -0.25) is 38.4 Å². The minimum atomic E-state index is -0.512. The standard InChI is InChI=1S/C54H62N12O8/c1-61(2)19-9-17-55-51(71)45-25-39(31-65(45)7)59-53(73)43-23-37(29-63(43)5)47(67)27-57-49(69)35-15-13-33-11-12-34-14-16-36(22-42(34)41(33)21-35)50(70)58-28-48(68)38-24-44(64(6)30-38)54(74)60-40-26-46(66(8)32-40)52(72)56-18-10-20-62(3)4/h11-16,21-26,29-32H,9-10,17-20,27-28H2,1-8H3,(H,55,71)(H,56,72)(H,57,69)(H,58,70)(H,59,73)(H,60,74). The number of carbonyl (C=O) groups is 8. The van der Waals surface area contributed by atoms with E-state index in [9.17, 15) is 38.4 Å². The normalized spacial score (nSPS) is 11.3. The smallest absolute Gasteiger partial charge is 0.272 e. The third-order valence-corrected chi connectivity index (χ3v) is 12.4. The number of ketones is 2. The molecule has 6 N–H and O–H groups in total. The summed E-state index contributed by atoms with van der Waals surface area (Å²) in [7, 11) is 14.5. The number of nitrogens with zero attached hydrogens (tertiary/aromatic N) is 6. The highest BCUT2D eigenvalue weighted by Gasteiger charge is 2.22. The van der Waals surface area contributed by atoms with Gasteiger partial charge in [-0.25, -0.2) is 0 Å². The summed E-state index contributed by atoms with van der Waals surface area (Å²) >= 11 is 0. The molecule has 20 heteroatoms. The fourth-order valence-corrected chi connectivity index (χ4v) is 8.43. The van der Waals surface area contributed by atoms with Crippen LogP contribution < -0.4 is 31.9 Å². The molecule has 3 aromatic carbocycles. The molecule has 0 unspecified atom stereocenters. The highest BCUT2D eigenvalue weighted by Crippen LogP contribution is 2.28. The second kappa shape index (κ2) is 23.3. The third-order valence-electron chi connectivity index (χ3n) is 12.4. The van der Waals surface area contributed by atoms with Crippen molar-refractivity contribution in [1.82, 2.24) is 49.3 Å². The molecule has 20 nitrogen and oxygen atoms in total. The molecular weight excluding hydrogens is 945 g/mol. The molecular formula is C54H62N12O8. The molecule has 0 fully saturated rings. The molecule has 0 saturated heterocycles. The average molecular weight is 1010 g/mol. The van der Waals surface area contributed by atoms with E-state index in [-0.39, 0.29) is 58.5 Å². The molecule has 0 saturated carbocycles. The van der Waals surface area contributed by atoms with Crippen LogP contribution >= 0.6 is 0 Å². The van der Waals surface area contributed by atoms with Crippen molar-refractivity contribution >= 4 is 79.9 Å². The van der Waals surface area contributed by atoms with Crippen LogP contribution in [0.4, 0.5) is 11.4 Å². The molecule has 74 heavy (non-hydrogen) atoms. The van der Waals surface area contributed by atoms with Crippen LogP contribution in [0.1, 0.15) is 96.2 Å². The maximum atomic E-state index is 13.5. The van der Waals surface area contributed by atoms with Crippen LogP contribution in [0.3, 0.4) is 0 Å². The van der Waals surface area contributed by atoms with Crippen LogP contribution in [0, 0.1) is 0 Å². The van der Waals surface area contributed by atoms with Crippen molar-refractivity contribution in [3.8, 4) is 0 Å². The molecule has 4 aromatic heterocycles. The Labute approximate surface area is 428 Å². The predicted molar refractivity (Wildman–Crippen MR) is 283 cm³/mol. The molecule has 386 valence electrons. The second-order valence-corrected chi connectivity index (χ2v) is 18.8. The van der Waals surface area contributed by atoms with E-state index >= 15 is 0 Å². The monoisotopic (exact) mass is 1010 g/mol. The van der Waals surface area contributed by atoms with Crippen molar-refractivity contribution in [3.63, 3.8) is 0 Å². The number of Topliss-reactive ketones (excluding diaryl/α,β-unsaturated/α-hetero) is 2. The van der Waals surface area contributed by atoms with Gasteiger partial charge in [0.2, 0.25) is 0 Å². The molecule has 6 amide bonds. The van der Waals surface area contributed by atoms with E-state index in [1.165, 1.54) is 33.7 Å². The number of rotatable bonds is 22. The van der Waals surface area contributed by atoms with E-state index in [1.807, 2.05) is 50.1 Å². The molecule has 0 bridgehead atoms. The Hall–Kier alpha value is -8.62. The van der Waals surface area contributed by atoms with Gasteiger partial charge in [-0.2, -0.15) is 0 Å². The summed E-state index contributed by atoms with van der Waals surface area (Å²) in [4.78, 5) is 110. The van der Waals surface area contributed by atoms with Gasteiger partial charge in [0.1, 0.15) is 22.8 Å². The van der Waals surface area contributed by atoms with E-state index < -0.39 is 35.2 Å². The number of carbonyl (C=O) groups excluding carboxylic acids is 8. The van der Waals surface area contributed by atoms with Crippen LogP contribution in [-0.4, -0.2) is 143 Å². The number of aromatic nitrogens is 4. The van der Waals surface area contributed by atoms with Crippen molar-refractivity contribution in [2.45, 2.75) is 12.8 Å². The number of hydrogen-bond donors (Lipinski definition) is 6. The number of amides is 6. The first-order chi connectivity index (χ1) is 35.3. The van der Waals surface area contributed by atoms with Crippen molar-refractivity contribution in [2.24, 2.45) is 28.2 Å². The van der Waals surface area contributed by atoms with Crippen molar-refractivity contribution < 1.29 is 38.4 Å². The van der Waals surface area contributed by atoms with Crippen LogP contribution in [0.25, 0.3) is 21.5 Å². The Morgan fingerprint density at radius 2 is 0.757 bits per heavy atom. The van der Waals surface area contributed by atoms with Crippen LogP contribution in [0.5, 0.6) is 0 Å². The summed E-state index contributed by atoms with van der Waals surface area (Å²) in [6.45, 7) is 1.98. The van der Waals surface area contributed by atoms with Crippen molar-refractivity contribution in [2.75, 3.05) is 78.1 Å². The minimum Gasteiger partial charge on any atom is -0.351 e. The first-order valence-corrected chi connectivity index (χ1v) is 24.0. The Balaban J connectivity index is 0.936. The zero-order chi connectivity index (χ0) is 53.4. The SMILES string of the molecule is CN(C)CCCNC(=O)c1cc(NC(=O)c2cc(C(=O)CNC(=O)c3ccc4ccc5ccc(C(=O)NCC(=O)c6cc(C(=O)Nc7cc(C(=O)NCCCN(C)C)n(C)c7)n(C)c6)cc5c4c3)cn2C)cn1C. The van der Waals surface area contributed by atoms with Crippen LogP contribution in [0.2, 0.25) is 0 Å². The Morgan fingerprint density at radius 3 is 1.14 bits per heavy atom. The molecule has 7 rings (SSSR count). The van der Waals surface area contributed by atoms with Gasteiger partial charge in [-0.05, 0) is 124 Å². The molecule has 0 aliphatic carbocycles. The lowest BCUT2D eigenvalue weighted by molar-refractivity contribution is 0.0904. The summed E-state index contributed by atoms with van der Waals surface area (Å²) < 4.78 is 6.26. The summed E-state index contributed by atoms with van der Waals surface area (Å²) in [5.41, 5.74) is 2.93. The van der Waals surface area contributed by atoms with Gasteiger partial charge >= 0.3 is 0 Å². The van der Waals surface area contributed by atoms with Crippen LogP contribution in [0.15, 0.2) is 97.6 Å². The quantitative estimate of drug-likeness (QED) is 0.0317. The van der Waals surface area contributed by atoms with Gasteiger partial charge < -0.3 is 60.0 Å².